The number of rotatable bonds is 5. The van der Waals surface area contributed by atoms with Crippen LogP contribution in [0, 0.1) is 0 Å². The Balaban J connectivity index is 1.69. The van der Waals surface area contributed by atoms with Crippen LogP contribution in [0.1, 0.15) is 29.4 Å². The predicted octanol–water partition coefficient (Wildman–Crippen LogP) is 4.66. The van der Waals surface area contributed by atoms with Crippen molar-refractivity contribution in [3.63, 3.8) is 0 Å². The molecule has 0 fully saturated rings. The number of aryl methyl sites for hydroxylation is 1. The van der Waals surface area contributed by atoms with E-state index in [0.717, 1.165) is 24.1 Å². The highest BCUT2D eigenvalue weighted by Crippen LogP contribution is 2.38. The van der Waals surface area contributed by atoms with Gasteiger partial charge < -0.3 is 14.8 Å². The predicted molar refractivity (Wildman–Crippen MR) is 104 cm³/mol. The number of halogens is 1. The number of carbonyl (C=O) groups is 1. The second kappa shape index (κ2) is 7.32. The Morgan fingerprint density at radius 2 is 1.96 bits per heavy atom. The number of benzene rings is 2. The number of amides is 1. The Kier molecular flexibility index (Phi) is 4.73. The van der Waals surface area contributed by atoms with Gasteiger partial charge in [-0.05, 0) is 48.9 Å². The van der Waals surface area contributed by atoms with Gasteiger partial charge >= 0.3 is 0 Å². The summed E-state index contributed by atoms with van der Waals surface area (Å²) in [4.78, 5) is 12.7. The van der Waals surface area contributed by atoms with Crippen molar-refractivity contribution in [1.29, 1.82) is 0 Å². The molecule has 2 N–H and O–H groups in total. The number of H-pyrrole nitrogens is 1. The summed E-state index contributed by atoms with van der Waals surface area (Å²) in [6.45, 7) is 2.28. The van der Waals surface area contributed by atoms with Gasteiger partial charge in [-0.25, -0.2) is 0 Å². The third-order valence-electron chi connectivity index (χ3n) is 4.33. The zero-order valence-corrected chi connectivity index (χ0v) is 15.5. The summed E-state index contributed by atoms with van der Waals surface area (Å²) in [6.07, 6.45) is 1.69. The summed E-state index contributed by atoms with van der Waals surface area (Å²) in [6, 6.07) is 12.4. The van der Waals surface area contributed by atoms with Gasteiger partial charge in [0.1, 0.15) is 5.69 Å². The summed E-state index contributed by atoms with van der Waals surface area (Å²) in [7, 11) is 0. The number of ether oxygens (including phenoxy) is 2. The molecular weight excluding hydrogens is 366 g/mol. The summed E-state index contributed by atoms with van der Waals surface area (Å²) in [5.41, 5.74) is 3.59. The van der Waals surface area contributed by atoms with Gasteiger partial charge in [0.05, 0.1) is 11.4 Å². The molecule has 0 bridgehead atoms. The van der Waals surface area contributed by atoms with Gasteiger partial charge in [-0.2, -0.15) is 5.10 Å². The van der Waals surface area contributed by atoms with Gasteiger partial charge in [-0.15, -0.1) is 0 Å². The number of hydrogen-bond donors (Lipinski definition) is 2. The Morgan fingerprint density at radius 1 is 1.19 bits per heavy atom. The van der Waals surface area contributed by atoms with Crippen LogP contribution in [-0.4, -0.2) is 22.9 Å². The summed E-state index contributed by atoms with van der Waals surface area (Å²) in [5.74, 6) is 1.16. The Hall–Kier alpha value is -2.99. The molecule has 1 aliphatic heterocycles. The first-order valence-electron chi connectivity index (χ1n) is 8.70. The highest BCUT2D eigenvalue weighted by Gasteiger charge is 2.20. The van der Waals surface area contributed by atoms with Crippen LogP contribution in [0.3, 0.4) is 0 Å². The van der Waals surface area contributed by atoms with Gasteiger partial charge in [0, 0.05) is 16.1 Å². The normalized spacial score (nSPS) is 12.2. The minimum atomic E-state index is -0.215. The summed E-state index contributed by atoms with van der Waals surface area (Å²) >= 11 is 5.91. The van der Waals surface area contributed by atoms with Crippen LogP contribution in [0.15, 0.2) is 42.5 Å². The second-order valence-corrected chi connectivity index (χ2v) is 6.64. The van der Waals surface area contributed by atoms with Crippen molar-refractivity contribution in [2.75, 3.05) is 12.1 Å². The van der Waals surface area contributed by atoms with E-state index in [1.165, 1.54) is 0 Å². The van der Waals surface area contributed by atoms with E-state index in [0.29, 0.717) is 33.5 Å². The molecule has 0 saturated carbocycles. The van der Waals surface area contributed by atoms with Crippen molar-refractivity contribution in [3.05, 3.63) is 58.7 Å². The monoisotopic (exact) mass is 383 g/mol. The van der Waals surface area contributed by atoms with E-state index in [1.807, 2.05) is 18.2 Å². The molecule has 0 radical (unpaired) electrons. The molecule has 4 rings (SSSR count). The first kappa shape index (κ1) is 17.4. The van der Waals surface area contributed by atoms with Crippen LogP contribution in [0.5, 0.6) is 11.5 Å². The van der Waals surface area contributed by atoms with E-state index in [9.17, 15) is 4.79 Å². The third-order valence-corrected chi connectivity index (χ3v) is 4.58. The van der Waals surface area contributed by atoms with E-state index >= 15 is 0 Å². The number of fused-ring (bicyclic) bond motifs is 1. The van der Waals surface area contributed by atoms with E-state index in [2.05, 4.69) is 22.4 Å². The fraction of sp³-hybridized carbons (Fsp3) is 0.200. The van der Waals surface area contributed by atoms with Crippen LogP contribution < -0.4 is 14.8 Å². The molecule has 2 heterocycles. The highest BCUT2D eigenvalue weighted by molar-refractivity contribution is 6.30. The van der Waals surface area contributed by atoms with E-state index in [1.54, 1.807) is 24.3 Å². The quantitative estimate of drug-likeness (QED) is 0.671. The lowest BCUT2D eigenvalue weighted by Gasteiger charge is -2.09. The molecule has 1 amide bonds. The van der Waals surface area contributed by atoms with Crippen molar-refractivity contribution in [2.45, 2.75) is 19.8 Å². The molecule has 6 nitrogen and oxygen atoms in total. The Morgan fingerprint density at radius 3 is 2.74 bits per heavy atom. The minimum Gasteiger partial charge on any atom is -0.454 e. The summed E-state index contributed by atoms with van der Waals surface area (Å²) < 4.78 is 10.8. The number of carbonyl (C=O) groups excluding carboxylic acids is 1. The number of aromatic nitrogens is 2. The van der Waals surface area contributed by atoms with Crippen LogP contribution in [0.25, 0.3) is 11.3 Å². The molecule has 3 aromatic rings. The molecule has 1 aliphatic rings. The standard InChI is InChI=1S/C20H18ClN3O3/c1-2-3-15-19(22-20(25)12-4-7-14(21)8-5-12)18(24-23-15)13-6-9-16-17(10-13)27-11-26-16/h4-10H,2-3,11H2,1H3,(H,22,25)(H,23,24). The molecule has 0 unspecified atom stereocenters. The zero-order chi connectivity index (χ0) is 18.8. The maximum absolute atomic E-state index is 12.7. The fourth-order valence-electron chi connectivity index (χ4n) is 2.98. The van der Waals surface area contributed by atoms with Gasteiger partial charge in [0.25, 0.3) is 5.91 Å². The van der Waals surface area contributed by atoms with Crippen LogP contribution >= 0.6 is 11.6 Å². The SMILES string of the molecule is CCCc1[nH]nc(-c2ccc3c(c2)OCO3)c1NC(=O)c1ccc(Cl)cc1. The molecule has 0 saturated heterocycles. The molecule has 138 valence electrons. The van der Waals surface area contributed by atoms with Gasteiger partial charge in [0.2, 0.25) is 6.79 Å². The molecule has 0 aliphatic carbocycles. The Bertz CT molecular complexity index is 983. The minimum absolute atomic E-state index is 0.209. The van der Waals surface area contributed by atoms with Crippen molar-refractivity contribution in [3.8, 4) is 22.8 Å². The van der Waals surface area contributed by atoms with E-state index < -0.39 is 0 Å². The topological polar surface area (TPSA) is 76.2 Å². The lowest BCUT2D eigenvalue weighted by Crippen LogP contribution is -2.13. The van der Waals surface area contributed by atoms with Crippen molar-refractivity contribution >= 4 is 23.2 Å². The molecule has 1 aromatic heterocycles. The van der Waals surface area contributed by atoms with Crippen molar-refractivity contribution in [1.82, 2.24) is 10.2 Å². The lowest BCUT2D eigenvalue weighted by atomic mass is 10.1. The van der Waals surface area contributed by atoms with Gasteiger partial charge in [-0.3, -0.25) is 9.89 Å². The smallest absolute Gasteiger partial charge is 0.255 e. The second-order valence-electron chi connectivity index (χ2n) is 6.20. The molecule has 2 aromatic carbocycles. The van der Waals surface area contributed by atoms with E-state index in [4.69, 9.17) is 21.1 Å². The third kappa shape index (κ3) is 3.48. The summed E-state index contributed by atoms with van der Waals surface area (Å²) in [5, 5.41) is 11.1. The number of hydrogen-bond acceptors (Lipinski definition) is 4. The molecular formula is C20H18ClN3O3. The number of nitrogens with zero attached hydrogens (tertiary/aromatic N) is 1. The van der Waals surface area contributed by atoms with Crippen molar-refractivity contribution < 1.29 is 14.3 Å². The number of aromatic amines is 1. The average Bonchev–Trinajstić information content (AvgIpc) is 3.29. The largest absolute Gasteiger partial charge is 0.454 e. The fourth-order valence-corrected chi connectivity index (χ4v) is 3.11. The first-order chi connectivity index (χ1) is 13.2. The van der Waals surface area contributed by atoms with Crippen molar-refractivity contribution in [2.24, 2.45) is 0 Å². The maximum Gasteiger partial charge on any atom is 0.255 e. The molecule has 0 spiro atoms. The van der Waals surface area contributed by atoms with Crippen LogP contribution in [0.2, 0.25) is 5.02 Å². The number of nitrogens with one attached hydrogen (secondary N) is 2. The molecule has 27 heavy (non-hydrogen) atoms. The maximum atomic E-state index is 12.7. The average molecular weight is 384 g/mol. The number of anilines is 1. The lowest BCUT2D eigenvalue weighted by molar-refractivity contribution is 0.102. The van der Waals surface area contributed by atoms with Gasteiger partial charge in [-0.1, -0.05) is 24.9 Å². The zero-order valence-electron chi connectivity index (χ0n) is 14.7. The highest BCUT2D eigenvalue weighted by atomic mass is 35.5. The Labute approximate surface area is 161 Å². The van der Waals surface area contributed by atoms with Crippen LogP contribution in [0.4, 0.5) is 5.69 Å². The van der Waals surface area contributed by atoms with Crippen LogP contribution in [-0.2, 0) is 6.42 Å². The first-order valence-corrected chi connectivity index (χ1v) is 9.07. The molecule has 0 atom stereocenters. The van der Waals surface area contributed by atoms with Gasteiger partial charge in [0.15, 0.2) is 11.5 Å². The van der Waals surface area contributed by atoms with E-state index in [-0.39, 0.29) is 12.7 Å². The molecule has 7 heteroatoms.